The Balaban J connectivity index is 2.32. The van der Waals surface area contributed by atoms with Crippen LogP contribution < -0.4 is 0 Å². The van der Waals surface area contributed by atoms with E-state index in [2.05, 4.69) is 31.0 Å². The number of aromatic carboxylic acids is 1. The van der Waals surface area contributed by atoms with Crippen molar-refractivity contribution in [3.05, 3.63) is 40.4 Å². The molecule has 19 heavy (non-hydrogen) atoms. The van der Waals surface area contributed by atoms with Crippen molar-refractivity contribution in [2.45, 2.75) is 33.1 Å². The summed E-state index contributed by atoms with van der Waals surface area (Å²) in [6, 6.07) is 8.23. The predicted octanol–water partition coefficient (Wildman–Crippen LogP) is 4.33. The van der Waals surface area contributed by atoms with Gasteiger partial charge in [0.25, 0.3) is 0 Å². The van der Waals surface area contributed by atoms with Crippen LogP contribution in [0.5, 0.6) is 0 Å². The number of hydrogen-bond donors (Lipinski definition) is 1. The highest BCUT2D eigenvalue weighted by Crippen LogP contribution is 2.29. The minimum atomic E-state index is -0.905. The minimum absolute atomic E-state index is 0.320. The molecule has 2 rings (SSSR count). The Morgan fingerprint density at radius 2 is 2.00 bits per heavy atom. The molecule has 0 radical (unpaired) electrons. The van der Waals surface area contributed by atoms with Crippen molar-refractivity contribution < 1.29 is 9.90 Å². The summed E-state index contributed by atoms with van der Waals surface area (Å²) in [4.78, 5) is 15.7. The van der Waals surface area contributed by atoms with E-state index < -0.39 is 5.97 Å². The van der Waals surface area contributed by atoms with Crippen LogP contribution in [0.1, 0.15) is 47.1 Å². The van der Waals surface area contributed by atoms with Gasteiger partial charge in [0, 0.05) is 5.56 Å². The van der Waals surface area contributed by atoms with Crippen LogP contribution in [-0.2, 0) is 0 Å². The first-order chi connectivity index (χ1) is 9.02. The van der Waals surface area contributed by atoms with Gasteiger partial charge < -0.3 is 5.11 Å². The first-order valence-electron chi connectivity index (χ1n) is 6.34. The molecule has 1 heterocycles. The summed E-state index contributed by atoms with van der Waals surface area (Å²) in [5.41, 5.74) is 2.86. The smallest absolute Gasteiger partial charge is 0.347 e. The average Bonchev–Trinajstić information content (AvgIpc) is 2.80. The Bertz CT molecular complexity index is 587. The first-order valence-corrected chi connectivity index (χ1v) is 7.15. The van der Waals surface area contributed by atoms with Crippen LogP contribution in [0, 0.1) is 6.92 Å². The van der Waals surface area contributed by atoms with E-state index in [1.807, 2.05) is 12.1 Å². The Labute approximate surface area is 116 Å². The van der Waals surface area contributed by atoms with Gasteiger partial charge in [0.15, 0.2) is 0 Å². The zero-order valence-electron chi connectivity index (χ0n) is 11.3. The number of benzene rings is 1. The molecular formula is C15H17NO2S. The molecule has 100 valence electrons. The molecular weight excluding hydrogens is 258 g/mol. The molecule has 1 atom stereocenters. The van der Waals surface area contributed by atoms with Crippen molar-refractivity contribution in [2.24, 2.45) is 0 Å². The molecule has 2 aromatic rings. The van der Waals surface area contributed by atoms with Gasteiger partial charge in [-0.2, -0.15) is 0 Å². The van der Waals surface area contributed by atoms with Gasteiger partial charge in [0.05, 0.1) is 5.69 Å². The fourth-order valence-electron chi connectivity index (χ4n) is 1.91. The maximum Gasteiger partial charge on any atom is 0.347 e. The Kier molecular flexibility index (Phi) is 4.00. The number of aromatic nitrogens is 1. The highest BCUT2D eigenvalue weighted by molar-refractivity contribution is 7.17. The molecule has 0 amide bonds. The molecule has 0 bridgehead atoms. The number of hydrogen-bond acceptors (Lipinski definition) is 3. The normalized spacial score (nSPS) is 12.4. The molecule has 1 aromatic carbocycles. The van der Waals surface area contributed by atoms with E-state index in [1.54, 1.807) is 6.92 Å². The van der Waals surface area contributed by atoms with Crippen LogP contribution in [0.4, 0.5) is 0 Å². The lowest BCUT2D eigenvalue weighted by Crippen LogP contribution is -1.94. The summed E-state index contributed by atoms with van der Waals surface area (Å²) >= 11 is 1.23. The van der Waals surface area contributed by atoms with Crippen molar-refractivity contribution in [1.29, 1.82) is 0 Å². The second-order valence-corrected chi connectivity index (χ2v) is 5.67. The molecule has 0 aliphatic carbocycles. The summed E-state index contributed by atoms with van der Waals surface area (Å²) < 4.78 is 0. The van der Waals surface area contributed by atoms with Gasteiger partial charge in [-0.1, -0.05) is 38.1 Å². The molecule has 3 nitrogen and oxygen atoms in total. The van der Waals surface area contributed by atoms with Gasteiger partial charge in [0.2, 0.25) is 0 Å². The minimum Gasteiger partial charge on any atom is -0.477 e. The van der Waals surface area contributed by atoms with Crippen LogP contribution >= 0.6 is 11.3 Å². The first kappa shape index (κ1) is 13.7. The van der Waals surface area contributed by atoms with Gasteiger partial charge >= 0.3 is 5.97 Å². The number of carbonyl (C=O) groups is 1. The maximum atomic E-state index is 11.0. The van der Waals surface area contributed by atoms with Gasteiger partial charge in [-0.15, -0.1) is 11.3 Å². The Morgan fingerprint density at radius 3 is 2.47 bits per heavy atom. The third kappa shape index (κ3) is 2.84. The highest BCUT2D eigenvalue weighted by atomic mass is 32.1. The van der Waals surface area contributed by atoms with Crippen LogP contribution in [0.3, 0.4) is 0 Å². The van der Waals surface area contributed by atoms with E-state index in [-0.39, 0.29) is 0 Å². The standard InChI is InChI=1S/C15H17NO2S/c1-4-9(2)11-5-7-12(8-6-11)14-16-10(3)13(19-14)15(17)18/h5-9H,4H2,1-3H3,(H,17,18). The molecule has 0 spiro atoms. The monoisotopic (exact) mass is 275 g/mol. The van der Waals surface area contributed by atoms with E-state index in [0.717, 1.165) is 17.0 Å². The predicted molar refractivity (Wildman–Crippen MR) is 78.0 cm³/mol. The molecule has 1 unspecified atom stereocenters. The van der Waals surface area contributed by atoms with Gasteiger partial charge in [-0.25, -0.2) is 9.78 Å². The number of nitrogens with zero attached hydrogens (tertiary/aromatic N) is 1. The van der Waals surface area contributed by atoms with Crippen molar-refractivity contribution in [2.75, 3.05) is 0 Å². The quantitative estimate of drug-likeness (QED) is 0.903. The molecule has 0 saturated heterocycles. The number of rotatable bonds is 4. The molecule has 1 N–H and O–H groups in total. The van der Waals surface area contributed by atoms with E-state index in [1.165, 1.54) is 16.9 Å². The van der Waals surface area contributed by atoms with Crippen LogP contribution in [0.25, 0.3) is 10.6 Å². The number of aryl methyl sites for hydroxylation is 1. The lowest BCUT2D eigenvalue weighted by atomic mass is 9.98. The second kappa shape index (κ2) is 5.53. The zero-order chi connectivity index (χ0) is 14.0. The summed E-state index contributed by atoms with van der Waals surface area (Å²) in [7, 11) is 0. The van der Waals surface area contributed by atoms with Crippen molar-refractivity contribution in [3.63, 3.8) is 0 Å². The maximum absolute atomic E-state index is 11.0. The number of thiazole rings is 1. The van der Waals surface area contributed by atoms with Crippen LogP contribution in [0.2, 0.25) is 0 Å². The van der Waals surface area contributed by atoms with Crippen molar-refractivity contribution >= 4 is 17.3 Å². The van der Waals surface area contributed by atoms with Gasteiger partial charge in [-0.3, -0.25) is 0 Å². The molecule has 1 aromatic heterocycles. The highest BCUT2D eigenvalue weighted by Gasteiger charge is 2.15. The average molecular weight is 275 g/mol. The third-order valence-corrected chi connectivity index (χ3v) is 4.52. The summed E-state index contributed by atoms with van der Waals surface area (Å²) in [5.74, 6) is -0.362. The largest absolute Gasteiger partial charge is 0.477 e. The zero-order valence-corrected chi connectivity index (χ0v) is 12.1. The molecule has 4 heteroatoms. The molecule has 0 aliphatic heterocycles. The topological polar surface area (TPSA) is 50.2 Å². The Hall–Kier alpha value is -1.68. The third-order valence-electron chi connectivity index (χ3n) is 3.33. The van der Waals surface area contributed by atoms with Gasteiger partial charge in [0.1, 0.15) is 9.88 Å². The lowest BCUT2D eigenvalue weighted by Gasteiger charge is -2.08. The van der Waals surface area contributed by atoms with E-state index in [0.29, 0.717) is 16.5 Å². The number of carboxylic acids is 1. The van der Waals surface area contributed by atoms with Crippen LogP contribution in [-0.4, -0.2) is 16.1 Å². The van der Waals surface area contributed by atoms with Gasteiger partial charge in [-0.05, 0) is 24.8 Å². The fraction of sp³-hybridized carbons (Fsp3) is 0.333. The SMILES string of the molecule is CCC(C)c1ccc(-c2nc(C)c(C(=O)O)s2)cc1. The fourth-order valence-corrected chi connectivity index (χ4v) is 2.82. The van der Waals surface area contributed by atoms with E-state index >= 15 is 0 Å². The van der Waals surface area contributed by atoms with Crippen LogP contribution in [0.15, 0.2) is 24.3 Å². The van der Waals surface area contributed by atoms with E-state index in [4.69, 9.17) is 5.11 Å². The second-order valence-electron chi connectivity index (χ2n) is 4.67. The molecule has 0 fully saturated rings. The Morgan fingerprint density at radius 1 is 1.37 bits per heavy atom. The van der Waals surface area contributed by atoms with Crippen molar-refractivity contribution in [3.8, 4) is 10.6 Å². The summed E-state index contributed by atoms with van der Waals surface area (Å²) in [5, 5.41) is 9.81. The molecule has 0 saturated carbocycles. The number of carboxylic acid groups (broad SMARTS) is 1. The summed E-state index contributed by atoms with van der Waals surface area (Å²) in [6.45, 7) is 6.10. The van der Waals surface area contributed by atoms with E-state index in [9.17, 15) is 4.79 Å². The van der Waals surface area contributed by atoms with Crippen molar-refractivity contribution in [1.82, 2.24) is 4.98 Å². The molecule has 0 aliphatic rings. The summed E-state index contributed by atoms with van der Waals surface area (Å²) in [6.07, 6.45) is 1.11. The lowest BCUT2D eigenvalue weighted by molar-refractivity contribution is 0.0701.